The van der Waals surface area contributed by atoms with E-state index in [1.54, 1.807) is 38.5 Å². The van der Waals surface area contributed by atoms with Crippen molar-refractivity contribution in [3.05, 3.63) is 65.6 Å². The lowest BCUT2D eigenvalue weighted by Crippen LogP contribution is -2.07. The Morgan fingerprint density at radius 2 is 1.74 bits per heavy atom. The molecule has 0 aliphatic rings. The number of halogens is 1. The Bertz CT molecular complexity index is 934. The van der Waals surface area contributed by atoms with Gasteiger partial charge in [0.05, 0.1) is 19.9 Å². The summed E-state index contributed by atoms with van der Waals surface area (Å²) in [6.45, 7) is 2.36. The predicted octanol–water partition coefficient (Wildman–Crippen LogP) is 4.30. The van der Waals surface area contributed by atoms with Crippen LogP contribution in [0.1, 0.15) is 11.3 Å². The zero-order valence-electron chi connectivity index (χ0n) is 15.4. The molecule has 0 atom stereocenters. The molecule has 1 aromatic heterocycles. The predicted molar refractivity (Wildman–Crippen MR) is 103 cm³/mol. The van der Waals surface area contributed by atoms with E-state index in [4.69, 9.17) is 9.47 Å². The third-order valence-corrected chi connectivity index (χ3v) is 3.89. The standard InChI is InChI=1S/C20H21FN4O2/c1-13-10-19(24-16-7-5-4-6-15(16)21)25-20(23-13)22-12-14-8-9-17(26-2)18(11-14)27-3/h4-11H,12H2,1-3H3,(H2,22,23,24,25). The minimum Gasteiger partial charge on any atom is -0.493 e. The van der Waals surface area contributed by atoms with Gasteiger partial charge in [-0.3, -0.25) is 0 Å². The maximum Gasteiger partial charge on any atom is 0.225 e. The first kappa shape index (κ1) is 18.4. The largest absolute Gasteiger partial charge is 0.493 e. The number of para-hydroxylation sites is 1. The highest BCUT2D eigenvalue weighted by atomic mass is 19.1. The van der Waals surface area contributed by atoms with Gasteiger partial charge in [-0.25, -0.2) is 9.37 Å². The first-order chi connectivity index (χ1) is 13.1. The van der Waals surface area contributed by atoms with Gasteiger partial charge in [0, 0.05) is 18.3 Å². The molecule has 2 aromatic carbocycles. The number of nitrogens with zero attached hydrogens (tertiary/aromatic N) is 2. The number of nitrogens with one attached hydrogen (secondary N) is 2. The average molecular weight is 368 g/mol. The van der Waals surface area contributed by atoms with Gasteiger partial charge >= 0.3 is 0 Å². The van der Waals surface area contributed by atoms with Crippen LogP contribution in [0.3, 0.4) is 0 Å². The van der Waals surface area contributed by atoms with Gasteiger partial charge in [0.1, 0.15) is 11.6 Å². The zero-order chi connectivity index (χ0) is 19.2. The second-order valence-corrected chi connectivity index (χ2v) is 5.87. The van der Waals surface area contributed by atoms with Crippen LogP contribution in [0.15, 0.2) is 48.5 Å². The quantitative estimate of drug-likeness (QED) is 0.648. The molecule has 0 radical (unpaired) electrons. The highest BCUT2D eigenvalue weighted by molar-refractivity contribution is 5.58. The number of anilines is 3. The molecule has 1 heterocycles. The number of methoxy groups -OCH3 is 2. The third kappa shape index (κ3) is 4.63. The fraction of sp³-hybridized carbons (Fsp3) is 0.200. The van der Waals surface area contributed by atoms with Crippen LogP contribution in [-0.2, 0) is 6.54 Å². The number of hydrogen-bond acceptors (Lipinski definition) is 6. The van der Waals surface area contributed by atoms with Crippen LogP contribution in [0.5, 0.6) is 11.5 Å². The molecule has 0 bridgehead atoms. The fourth-order valence-corrected chi connectivity index (χ4v) is 2.58. The van der Waals surface area contributed by atoms with Crippen LogP contribution < -0.4 is 20.1 Å². The summed E-state index contributed by atoms with van der Waals surface area (Å²) in [5, 5.41) is 6.16. The van der Waals surface area contributed by atoms with Crippen molar-refractivity contribution < 1.29 is 13.9 Å². The highest BCUT2D eigenvalue weighted by Gasteiger charge is 2.07. The zero-order valence-corrected chi connectivity index (χ0v) is 15.4. The van der Waals surface area contributed by atoms with E-state index in [2.05, 4.69) is 20.6 Å². The SMILES string of the molecule is COc1ccc(CNc2nc(C)cc(Nc3ccccc3F)n2)cc1OC. The molecule has 2 N–H and O–H groups in total. The molecular weight excluding hydrogens is 347 g/mol. The maximum atomic E-state index is 13.8. The van der Waals surface area contributed by atoms with Gasteiger partial charge in [-0.15, -0.1) is 0 Å². The Labute approximate surface area is 157 Å². The molecule has 0 saturated carbocycles. The normalized spacial score (nSPS) is 10.4. The monoisotopic (exact) mass is 368 g/mol. The first-order valence-electron chi connectivity index (χ1n) is 8.41. The van der Waals surface area contributed by atoms with Gasteiger partial charge in [0.15, 0.2) is 11.5 Å². The molecule has 6 nitrogen and oxygen atoms in total. The molecular formula is C20H21FN4O2. The van der Waals surface area contributed by atoms with Crippen molar-refractivity contribution >= 4 is 17.5 Å². The molecule has 0 aliphatic heterocycles. The number of aryl methyl sites for hydroxylation is 1. The summed E-state index contributed by atoms with van der Waals surface area (Å²) in [6.07, 6.45) is 0. The maximum absolute atomic E-state index is 13.8. The molecule has 0 amide bonds. The number of aromatic nitrogens is 2. The molecule has 0 spiro atoms. The Balaban J connectivity index is 1.74. The van der Waals surface area contributed by atoms with Crippen molar-refractivity contribution in [1.82, 2.24) is 9.97 Å². The van der Waals surface area contributed by atoms with E-state index in [0.717, 1.165) is 11.3 Å². The summed E-state index contributed by atoms with van der Waals surface area (Å²) in [5.74, 6) is 1.95. The van der Waals surface area contributed by atoms with Gasteiger partial charge in [-0.2, -0.15) is 4.98 Å². The van der Waals surface area contributed by atoms with Crippen LogP contribution in [0.2, 0.25) is 0 Å². The van der Waals surface area contributed by atoms with Gasteiger partial charge in [0.25, 0.3) is 0 Å². The molecule has 0 unspecified atom stereocenters. The summed E-state index contributed by atoms with van der Waals surface area (Å²) >= 11 is 0. The average Bonchev–Trinajstić information content (AvgIpc) is 2.67. The van der Waals surface area contributed by atoms with E-state index >= 15 is 0 Å². The Morgan fingerprint density at radius 1 is 0.963 bits per heavy atom. The fourth-order valence-electron chi connectivity index (χ4n) is 2.58. The van der Waals surface area contributed by atoms with Gasteiger partial charge in [-0.1, -0.05) is 18.2 Å². The lowest BCUT2D eigenvalue weighted by Gasteiger charge is -2.12. The summed E-state index contributed by atoms with van der Waals surface area (Å²) in [7, 11) is 3.19. The number of rotatable bonds is 7. The molecule has 3 rings (SSSR count). The molecule has 0 saturated heterocycles. The van der Waals surface area contributed by atoms with Crippen molar-refractivity contribution in [2.24, 2.45) is 0 Å². The molecule has 7 heteroatoms. The van der Waals surface area contributed by atoms with Crippen molar-refractivity contribution in [2.45, 2.75) is 13.5 Å². The lowest BCUT2D eigenvalue weighted by atomic mass is 10.2. The minimum absolute atomic E-state index is 0.339. The lowest BCUT2D eigenvalue weighted by molar-refractivity contribution is 0.354. The minimum atomic E-state index is -0.339. The number of ether oxygens (including phenoxy) is 2. The van der Waals surface area contributed by atoms with Crippen molar-refractivity contribution in [2.75, 3.05) is 24.9 Å². The molecule has 27 heavy (non-hydrogen) atoms. The van der Waals surface area contributed by atoms with Crippen LogP contribution in [-0.4, -0.2) is 24.2 Å². The van der Waals surface area contributed by atoms with Crippen molar-refractivity contribution in [3.8, 4) is 11.5 Å². The molecule has 0 fully saturated rings. The Morgan fingerprint density at radius 3 is 2.48 bits per heavy atom. The first-order valence-corrected chi connectivity index (χ1v) is 8.41. The smallest absolute Gasteiger partial charge is 0.225 e. The number of benzene rings is 2. The van der Waals surface area contributed by atoms with Gasteiger partial charge < -0.3 is 20.1 Å². The van der Waals surface area contributed by atoms with Crippen LogP contribution >= 0.6 is 0 Å². The second-order valence-electron chi connectivity index (χ2n) is 5.87. The van der Waals surface area contributed by atoms with E-state index in [-0.39, 0.29) is 5.82 Å². The Kier molecular flexibility index (Phi) is 5.71. The Hall–Kier alpha value is -3.35. The summed E-state index contributed by atoms with van der Waals surface area (Å²) in [4.78, 5) is 8.78. The highest BCUT2D eigenvalue weighted by Crippen LogP contribution is 2.28. The van der Waals surface area contributed by atoms with Crippen LogP contribution in [0.4, 0.5) is 21.8 Å². The third-order valence-electron chi connectivity index (χ3n) is 3.89. The van der Waals surface area contributed by atoms with E-state index in [0.29, 0.717) is 35.5 Å². The second kappa shape index (κ2) is 8.35. The van der Waals surface area contributed by atoms with Crippen LogP contribution in [0, 0.1) is 12.7 Å². The van der Waals surface area contributed by atoms with Gasteiger partial charge in [-0.05, 0) is 36.8 Å². The molecule has 0 aliphatic carbocycles. The summed E-state index contributed by atoms with van der Waals surface area (Å²) < 4.78 is 24.4. The summed E-state index contributed by atoms with van der Waals surface area (Å²) in [5.41, 5.74) is 2.11. The molecule has 140 valence electrons. The topological polar surface area (TPSA) is 68.3 Å². The molecule has 3 aromatic rings. The van der Waals surface area contributed by atoms with Crippen molar-refractivity contribution in [1.29, 1.82) is 0 Å². The van der Waals surface area contributed by atoms with E-state index in [1.165, 1.54) is 6.07 Å². The van der Waals surface area contributed by atoms with Crippen LogP contribution in [0.25, 0.3) is 0 Å². The van der Waals surface area contributed by atoms with E-state index in [9.17, 15) is 4.39 Å². The van der Waals surface area contributed by atoms with Gasteiger partial charge in [0.2, 0.25) is 5.95 Å². The number of hydrogen-bond donors (Lipinski definition) is 2. The van der Waals surface area contributed by atoms with Crippen molar-refractivity contribution in [3.63, 3.8) is 0 Å². The van der Waals surface area contributed by atoms with E-state index < -0.39 is 0 Å². The summed E-state index contributed by atoms with van der Waals surface area (Å²) in [6, 6.07) is 13.9. The van der Waals surface area contributed by atoms with E-state index in [1.807, 2.05) is 25.1 Å².